The van der Waals surface area contributed by atoms with E-state index in [0.717, 1.165) is 30.7 Å². The Morgan fingerprint density at radius 1 is 1.38 bits per heavy atom. The molecule has 0 bridgehead atoms. The van der Waals surface area contributed by atoms with Crippen molar-refractivity contribution in [2.45, 2.75) is 85.0 Å². The molecule has 1 atom stereocenters. The van der Waals surface area contributed by atoms with Crippen LogP contribution < -0.4 is 5.32 Å². The van der Waals surface area contributed by atoms with Crippen LogP contribution in [0.1, 0.15) is 70.0 Å². The first-order valence-corrected chi connectivity index (χ1v) is 8.65. The maximum atomic E-state index is 5.99. The van der Waals surface area contributed by atoms with Gasteiger partial charge in [0.05, 0.1) is 6.54 Å². The highest BCUT2D eigenvalue weighted by Gasteiger charge is 2.23. The molecule has 1 aliphatic rings. The van der Waals surface area contributed by atoms with E-state index in [2.05, 4.69) is 44.0 Å². The highest BCUT2D eigenvalue weighted by Crippen LogP contribution is 2.24. The van der Waals surface area contributed by atoms with Crippen LogP contribution in [0.15, 0.2) is 10.5 Å². The second-order valence-corrected chi connectivity index (χ2v) is 6.74. The van der Waals surface area contributed by atoms with E-state index in [4.69, 9.17) is 4.42 Å². The third-order valence-corrected chi connectivity index (χ3v) is 4.50. The van der Waals surface area contributed by atoms with Crippen LogP contribution >= 0.6 is 0 Å². The maximum absolute atomic E-state index is 5.99. The minimum absolute atomic E-state index is 0.513. The number of hydrogen-bond donors (Lipinski definition) is 1. The molecule has 2 rings (SSSR count). The molecule has 3 heteroatoms. The standard InChI is InChI=1S/C18H32N2O/c1-5-8-17-9-6-7-10-20(17)13-18-11-16(15(4)21-18)12-19-14(2)3/h11,14,17,19H,5-10,12-13H2,1-4H3. The van der Waals surface area contributed by atoms with Crippen LogP contribution in [0.25, 0.3) is 0 Å². The molecule has 1 aliphatic heterocycles. The van der Waals surface area contributed by atoms with Gasteiger partial charge < -0.3 is 9.73 Å². The predicted octanol–water partition coefficient (Wildman–Crippen LogP) is 4.24. The number of furan rings is 1. The van der Waals surface area contributed by atoms with E-state index < -0.39 is 0 Å². The highest BCUT2D eigenvalue weighted by atomic mass is 16.3. The second kappa shape index (κ2) is 8.00. The van der Waals surface area contributed by atoms with Gasteiger partial charge in [-0.05, 0) is 38.8 Å². The first-order chi connectivity index (χ1) is 10.1. The van der Waals surface area contributed by atoms with Gasteiger partial charge in [0.2, 0.25) is 0 Å². The number of nitrogens with one attached hydrogen (secondary N) is 1. The predicted molar refractivity (Wildman–Crippen MR) is 88.4 cm³/mol. The summed E-state index contributed by atoms with van der Waals surface area (Å²) in [5, 5.41) is 3.48. The summed E-state index contributed by atoms with van der Waals surface area (Å²) in [5.41, 5.74) is 1.31. The second-order valence-electron chi connectivity index (χ2n) is 6.74. The zero-order valence-electron chi connectivity index (χ0n) is 14.2. The van der Waals surface area contributed by atoms with Gasteiger partial charge in [-0.1, -0.05) is 33.6 Å². The van der Waals surface area contributed by atoms with Crippen LogP contribution in [-0.4, -0.2) is 23.5 Å². The van der Waals surface area contributed by atoms with E-state index in [1.807, 2.05) is 0 Å². The zero-order chi connectivity index (χ0) is 15.2. The van der Waals surface area contributed by atoms with Crippen molar-refractivity contribution in [2.24, 2.45) is 0 Å². The molecule has 3 nitrogen and oxygen atoms in total. The summed E-state index contributed by atoms with van der Waals surface area (Å²) < 4.78 is 5.99. The van der Waals surface area contributed by atoms with Crippen molar-refractivity contribution < 1.29 is 4.42 Å². The fourth-order valence-corrected chi connectivity index (χ4v) is 3.28. The van der Waals surface area contributed by atoms with E-state index in [1.54, 1.807) is 0 Å². The molecule has 120 valence electrons. The molecule has 0 aromatic carbocycles. The number of piperidine rings is 1. The first-order valence-electron chi connectivity index (χ1n) is 8.65. The van der Waals surface area contributed by atoms with Crippen molar-refractivity contribution in [2.75, 3.05) is 6.54 Å². The highest BCUT2D eigenvalue weighted by molar-refractivity contribution is 5.20. The van der Waals surface area contributed by atoms with Gasteiger partial charge in [0, 0.05) is 24.2 Å². The molecule has 0 saturated carbocycles. The van der Waals surface area contributed by atoms with Gasteiger partial charge in [-0.15, -0.1) is 0 Å². The van der Waals surface area contributed by atoms with Crippen LogP contribution in [0.4, 0.5) is 0 Å². The monoisotopic (exact) mass is 292 g/mol. The van der Waals surface area contributed by atoms with E-state index in [9.17, 15) is 0 Å². The Labute approximate surface area is 130 Å². The summed E-state index contributed by atoms with van der Waals surface area (Å²) in [5.74, 6) is 2.21. The molecule has 1 aromatic rings. The Morgan fingerprint density at radius 3 is 2.90 bits per heavy atom. The fourth-order valence-electron chi connectivity index (χ4n) is 3.28. The molecule has 1 fully saturated rings. The van der Waals surface area contributed by atoms with Crippen LogP contribution in [0.3, 0.4) is 0 Å². The summed E-state index contributed by atoms with van der Waals surface area (Å²) in [7, 11) is 0. The smallest absolute Gasteiger partial charge is 0.118 e. The van der Waals surface area contributed by atoms with Crippen LogP contribution in [0.5, 0.6) is 0 Å². The van der Waals surface area contributed by atoms with Crippen molar-refractivity contribution in [1.29, 1.82) is 0 Å². The summed E-state index contributed by atoms with van der Waals surface area (Å²) in [6, 6.07) is 3.52. The molecule has 0 radical (unpaired) electrons. The van der Waals surface area contributed by atoms with Gasteiger partial charge in [-0.25, -0.2) is 0 Å². The van der Waals surface area contributed by atoms with E-state index in [0.29, 0.717) is 6.04 Å². The maximum Gasteiger partial charge on any atom is 0.118 e. The summed E-state index contributed by atoms with van der Waals surface area (Å²) in [6.45, 7) is 11.8. The Morgan fingerprint density at radius 2 is 2.19 bits per heavy atom. The van der Waals surface area contributed by atoms with Crippen molar-refractivity contribution in [3.05, 3.63) is 23.2 Å². The average Bonchev–Trinajstić information content (AvgIpc) is 2.79. The van der Waals surface area contributed by atoms with Gasteiger partial charge in [-0.2, -0.15) is 0 Å². The van der Waals surface area contributed by atoms with Crippen LogP contribution in [0.2, 0.25) is 0 Å². The molecule has 1 saturated heterocycles. The minimum Gasteiger partial charge on any atom is -0.465 e. The lowest BCUT2D eigenvalue weighted by Crippen LogP contribution is -2.38. The lowest BCUT2D eigenvalue weighted by molar-refractivity contribution is 0.122. The van der Waals surface area contributed by atoms with Crippen LogP contribution in [0, 0.1) is 6.92 Å². The van der Waals surface area contributed by atoms with E-state index >= 15 is 0 Å². The van der Waals surface area contributed by atoms with E-state index in [-0.39, 0.29) is 0 Å². The molecule has 0 amide bonds. The Hall–Kier alpha value is -0.800. The molecule has 2 heterocycles. The summed E-state index contributed by atoms with van der Waals surface area (Å²) in [6.07, 6.45) is 6.68. The van der Waals surface area contributed by atoms with Gasteiger partial charge in [0.25, 0.3) is 0 Å². The van der Waals surface area contributed by atoms with Crippen molar-refractivity contribution in [3.8, 4) is 0 Å². The average molecular weight is 292 g/mol. The van der Waals surface area contributed by atoms with E-state index in [1.165, 1.54) is 44.2 Å². The van der Waals surface area contributed by atoms with Crippen molar-refractivity contribution >= 4 is 0 Å². The minimum atomic E-state index is 0.513. The number of nitrogens with zero attached hydrogens (tertiary/aromatic N) is 1. The molecule has 1 N–H and O–H groups in total. The Bertz CT molecular complexity index is 423. The van der Waals surface area contributed by atoms with Gasteiger partial charge >= 0.3 is 0 Å². The number of rotatable bonds is 7. The third-order valence-electron chi connectivity index (χ3n) is 4.50. The zero-order valence-corrected chi connectivity index (χ0v) is 14.2. The topological polar surface area (TPSA) is 28.4 Å². The number of likely N-dealkylation sites (tertiary alicyclic amines) is 1. The third kappa shape index (κ3) is 4.86. The number of aryl methyl sites for hydroxylation is 1. The Balaban J connectivity index is 1.96. The van der Waals surface area contributed by atoms with Gasteiger partial charge in [0.15, 0.2) is 0 Å². The lowest BCUT2D eigenvalue weighted by Gasteiger charge is -2.35. The molecule has 0 aliphatic carbocycles. The summed E-state index contributed by atoms with van der Waals surface area (Å²) in [4.78, 5) is 2.63. The molecule has 0 spiro atoms. The summed E-state index contributed by atoms with van der Waals surface area (Å²) >= 11 is 0. The quantitative estimate of drug-likeness (QED) is 0.815. The van der Waals surface area contributed by atoms with Gasteiger partial charge in [-0.3, -0.25) is 4.90 Å². The molecule has 1 unspecified atom stereocenters. The molecular formula is C18H32N2O. The van der Waals surface area contributed by atoms with Gasteiger partial charge in [0.1, 0.15) is 11.5 Å². The molecular weight excluding hydrogens is 260 g/mol. The SMILES string of the molecule is CCCC1CCCCN1Cc1cc(CNC(C)C)c(C)o1. The first kappa shape index (κ1) is 16.6. The molecule has 1 aromatic heterocycles. The molecule has 21 heavy (non-hydrogen) atoms. The Kier molecular flexibility index (Phi) is 6.31. The largest absolute Gasteiger partial charge is 0.465 e. The van der Waals surface area contributed by atoms with Crippen LogP contribution in [-0.2, 0) is 13.1 Å². The van der Waals surface area contributed by atoms with Crippen molar-refractivity contribution in [3.63, 3.8) is 0 Å². The lowest BCUT2D eigenvalue weighted by atomic mass is 9.98. The number of hydrogen-bond acceptors (Lipinski definition) is 3. The normalized spacial score (nSPS) is 20.3. The fraction of sp³-hybridized carbons (Fsp3) is 0.778. The van der Waals surface area contributed by atoms with Crippen molar-refractivity contribution in [1.82, 2.24) is 10.2 Å².